The van der Waals surface area contributed by atoms with Crippen LogP contribution in [0.5, 0.6) is 0 Å². The summed E-state index contributed by atoms with van der Waals surface area (Å²) in [6.07, 6.45) is 0.740. The molecular formula is C17H25ClN2O3. The Morgan fingerprint density at radius 2 is 1.91 bits per heavy atom. The van der Waals surface area contributed by atoms with E-state index >= 15 is 0 Å². The van der Waals surface area contributed by atoms with Gasteiger partial charge in [-0.25, -0.2) is 0 Å². The second-order valence-electron chi connectivity index (χ2n) is 5.79. The van der Waals surface area contributed by atoms with Crippen molar-refractivity contribution in [3.8, 4) is 0 Å². The van der Waals surface area contributed by atoms with Gasteiger partial charge in [-0.3, -0.25) is 9.59 Å². The zero-order valence-electron chi connectivity index (χ0n) is 13.9. The summed E-state index contributed by atoms with van der Waals surface area (Å²) in [7, 11) is 0. The molecule has 0 spiro atoms. The monoisotopic (exact) mass is 340 g/mol. The molecule has 0 fully saturated rings. The normalized spacial score (nSPS) is 12.0. The summed E-state index contributed by atoms with van der Waals surface area (Å²) in [5, 5.41) is 5.77. The third kappa shape index (κ3) is 7.48. The van der Waals surface area contributed by atoms with Gasteiger partial charge in [-0.1, -0.05) is 37.6 Å². The predicted molar refractivity (Wildman–Crippen MR) is 91.7 cm³/mol. The molecule has 0 aliphatic rings. The van der Waals surface area contributed by atoms with Crippen LogP contribution in [0.1, 0.15) is 37.6 Å². The molecule has 0 aliphatic heterocycles. The molecule has 0 heterocycles. The minimum Gasteiger partial charge on any atom is -0.381 e. The number of nitrogens with one attached hydrogen (secondary N) is 2. The highest BCUT2D eigenvalue weighted by Crippen LogP contribution is 2.14. The second kappa shape index (κ2) is 10.2. The Hall–Kier alpha value is -1.59. The topological polar surface area (TPSA) is 67.4 Å². The molecule has 0 aromatic heterocycles. The van der Waals surface area contributed by atoms with Gasteiger partial charge < -0.3 is 15.4 Å². The highest BCUT2D eigenvalue weighted by molar-refractivity contribution is 6.33. The van der Waals surface area contributed by atoms with Gasteiger partial charge in [-0.2, -0.15) is 0 Å². The van der Waals surface area contributed by atoms with Gasteiger partial charge >= 0.3 is 0 Å². The van der Waals surface area contributed by atoms with E-state index in [0.717, 1.165) is 13.0 Å². The van der Waals surface area contributed by atoms with Gasteiger partial charge in [0.2, 0.25) is 5.91 Å². The van der Waals surface area contributed by atoms with Crippen molar-refractivity contribution < 1.29 is 14.3 Å². The van der Waals surface area contributed by atoms with Crippen LogP contribution in [0, 0.1) is 5.92 Å². The van der Waals surface area contributed by atoms with Crippen molar-refractivity contribution in [1.82, 2.24) is 10.6 Å². The number of ether oxygens (including phenoxy) is 1. The molecule has 6 heteroatoms. The van der Waals surface area contributed by atoms with Gasteiger partial charge in [0.1, 0.15) is 6.04 Å². The third-order valence-electron chi connectivity index (χ3n) is 3.08. The smallest absolute Gasteiger partial charge is 0.253 e. The van der Waals surface area contributed by atoms with E-state index in [2.05, 4.69) is 24.5 Å². The minimum absolute atomic E-state index is 0.228. The van der Waals surface area contributed by atoms with E-state index in [1.54, 1.807) is 31.2 Å². The molecule has 1 rings (SSSR count). The lowest BCUT2D eigenvalue weighted by molar-refractivity contribution is -0.122. The van der Waals surface area contributed by atoms with E-state index < -0.39 is 6.04 Å². The van der Waals surface area contributed by atoms with Crippen LogP contribution in [-0.4, -0.2) is 37.6 Å². The van der Waals surface area contributed by atoms with Gasteiger partial charge in [0.15, 0.2) is 0 Å². The zero-order valence-corrected chi connectivity index (χ0v) is 14.7. The number of benzene rings is 1. The van der Waals surface area contributed by atoms with Crippen LogP contribution in [0.4, 0.5) is 0 Å². The standard InChI is InChI=1S/C17H25ClN2O3/c1-12(2)11-23-10-6-9-19-16(21)13(3)20-17(22)14-7-4-5-8-15(14)18/h4-5,7-8,12-13H,6,9-11H2,1-3H3,(H,19,21)(H,20,22)/t13-/m0/s1. The van der Waals surface area contributed by atoms with E-state index in [1.807, 2.05) is 0 Å². The molecule has 0 saturated heterocycles. The third-order valence-corrected chi connectivity index (χ3v) is 3.40. The number of carbonyl (C=O) groups is 2. The SMILES string of the molecule is CC(C)COCCCNC(=O)[C@H](C)NC(=O)c1ccccc1Cl. The second-order valence-corrected chi connectivity index (χ2v) is 6.20. The van der Waals surface area contributed by atoms with Crippen LogP contribution < -0.4 is 10.6 Å². The van der Waals surface area contributed by atoms with Crippen LogP contribution in [0.25, 0.3) is 0 Å². The van der Waals surface area contributed by atoms with E-state index in [1.165, 1.54) is 0 Å². The fourth-order valence-electron chi connectivity index (χ4n) is 1.84. The fraction of sp³-hybridized carbons (Fsp3) is 0.529. The van der Waals surface area contributed by atoms with Crippen LogP contribution in [-0.2, 0) is 9.53 Å². The lowest BCUT2D eigenvalue weighted by Gasteiger charge is -2.15. The van der Waals surface area contributed by atoms with Gasteiger partial charge in [0, 0.05) is 19.8 Å². The molecule has 0 bridgehead atoms. The first kappa shape index (κ1) is 19.5. The van der Waals surface area contributed by atoms with Crippen molar-refractivity contribution in [3.05, 3.63) is 34.9 Å². The Morgan fingerprint density at radius 3 is 2.57 bits per heavy atom. The van der Waals surface area contributed by atoms with Crippen molar-refractivity contribution in [2.75, 3.05) is 19.8 Å². The molecule has 0 saturated carbocycles. The van der Waals surface area contributed by atoms with Crippen LogP contribution in [0.2, 0.25) is 5.02 Å². The number of hydrogen-bond donors (Lipinski definition) is 2. The summed E-state index contributed by atoms with van der Waals surface area (Å²) < 4.78 is 5.44. The van der Waals surface area contributed by atoms with Gasteiger partial charge in [-0.15, -0.1) is 0 Å². The molecule has 1 atom stereocenters. The van der Waals surface area contributed by atoms with E-state index in [0.29, 0.717) is 29.7 Å². The summed E-state index contributed by atoms with van der Waals surface area (Å²) in [5.41, 5.74) is 0.357. The van der Waals surface area contributed by atoms with Crippen molar-refractivity contribution in [1.29, 1.82) is 0 Å². The molecular weight excluding hydrogens is 316 g/mol. The maximum atomic E-state index is 12.1. The molecule has 5 nitrogen and oxygen atoms in total. The van der Waals surface area contributed by atoms with E-state index in [-0.39, 0.29) is 11.8 Å². The number of rotatable bonds is 9. The van der Waals surface area contributed by atoms with Crippen LogP contribution in [0.3, 0.4) is 0 Å². The molecule has 1 aromatic rings. The molecule has 0 unspecified atom stereocenters. The van der Waals surface area contributed by atoms with E-state index in [4.69, 9.17) is 16.3 Å². The Labute approximate surface area is 142 Å². The first-order valence-corrected chi connectivity index (χ1v) is 8.20. The fourth-order valence-corrected chi connectivity index (χ4v) is 2.06. The largest absolute Gasteiger partial charge is 0.381 e. The quantitative estimate of drug-likeness (QED) is 0.679. The summed E-state index contributed by atoms with van der Waals surface area (Å²) >= 11 is 5.96. The minimum atomic E-state index is -0.629. The van der Waals surface area contributed by atoms with Crippen molar-refractivity contribution in [2.45, 2.75) is 33.2 Å². The summed E-state index contributed by atoms with van der Waals surface area (Å²) in [6.45, 7) is 7.66. The number of amides is 2. The lowest BCUT2D eigenvalue weighted by atomic mass is 10.2. The highest BCUT2D eigenvalue weighted by atomic mass is 35.5. The molecule has 128 valence electrons. The molecule has 2 N–H and O–H groups in total. The molecule has 1 aromatic carbocycles. The summed E-state index contributed by atoms with van der Waals surface area (Å²) in [4.78, 5) is 24.0. The lowest BCUT2D eigenvalue weighted by Crippen LogP contribution is -2.45. The molecule has 0 radical (unpaired) electrons. The van der Waals surface area contributed by atoms with Crippen LogP contribution >= 0.6 is 11.6 Å². The Bertz CT molecular complexity index is 520. The summed E-state index contributed by atoms with van der Waals surface area (Å²) in [5.74, 6) is -0.0857. The Morgan fingerprint density at radius 1 is 1.22 bits per heavy atom. The Kier molecular flexibility index (Phi) is 8.66. The average molecular weight is 341 g/mol. The maximum absolute atomic E-state index is 12.1. The number of halogens is 1. The molecule has 23 heavy (non-hydrogen) atoms. The van der Waals surface area contributed by atoms with Crippen molar-refractivity contribution in [2.24, 2.45) is 5.92 Å². The van der Waals surface area contributed by atoms with Crippen molar-refractivity contribution >= 4 is 23.4 Å². The Balaban J connectivity index is 2.29. The number of hydrogen-bond acceptors (Lipinski definition) is 3. The van der Waals surface area contributed by atoms with E-state index in [9.17, 15) is 9.59 Å². The average Bonchev–Trinajstić information content (AvgIpc) is 2.50. The van der Waals surface area contributed by atoms with Gasteiger partial charge in [0.05, 0.1) is 10.6 Å². The zero-order chi connectivity index (χ0) is 17.2. The van der Waals surface area contributed by atoms with Gasteiger partial charge in [-0.05, 0) is 31.4 Å². The van der Waals surface area contributed by atoms with Crippen molar-refractivity contribution in [3.63, 3.8) is 0 Å². The van der Waals surface area contributed by atoms with Crippen LogP contribution in [0.15, 0.2) is 24.3 Å². The molecule has 2 amide bonds. The van der Waals surface area contributed by atoms with Gasteiger partial charge in [0.25, 0.3) is 5.91 Å². The first-order chi connectivity index (χ1) is 10.9. The summed E-state index contributed by atoms with van der Waals surface area (Å²) in [6, 6.07) is 6.10. The number of carbonyl (C=O) groups excluding carboxylic acids is 2. The highest BCUT2D eigenvalue weighted by Gasteiger charge is 2.17. The predicted octanol–water partition coefficient (Wildman–Crippen LogP) is 2.64. The maximum Gasteiger partial charge on any atom is 0.253 e. The first-order valence-electron chi connectivity index (χ1n) is 7.82. The molecule has 0 aliphatic carbocycles.